The fraction of sp³-hybridized carbons (Fsp3) is 0.625. The van der Waals surface area contributed by atoms with E-state index in [1.54, 1.807) is 59.1 Å². The monoisotopic (exact) mass is 878 g/mol. The molecule has 1 N–H and O–H groups in total. The van der Waals surface area contributed by atoms with Crippen LogP contribution in [-0.2, 0) is 46.8 Å². The molecule has 0 radical (unpaired) electrons. The van der Waals surface area contributed by atoms with E-state index in [4.69, 9.17) is 42.5 Å². The number of hydrogen-bond donors (Lipinski definition) is 1. The number of rotatable bonds is 19. The Kier molecular flexibility index (Phi) is 18.5. The number of amides is 3. The second kappa shape index (κ2) is 23.3. The van der Waals surface area contributed by atoms with Crippen molar-refractivity contribution < 1.29 is 66.0 Å². The van der Waals surface area contributed by atoms with Crippen LogP contribution in [0.4, 0.5) is 20.2 Å². The number of nitrogens with zero attached hydrogens (tertiary/aromatic N) is 5. The van der Waals surface area contributed by atoms with Crippen molar-refractivity contribution in [3.63, 3.8) is 0 Å². The molecule has 0 bridgehead atoms. The highest BCUT2D eigenvalue weighted by Gasteiger charge is 2.41. The zero-order chi connectivity index (χ0) is 44.7. The van der Waals surface area contributed by atoms with E-state index in [9.17, 15) is 28.5 Å². The Morgan fingerprint density at radius 2 is 1.41 bits per heavy atom. The van der Waals surface area contributed by atoms with Gasteiger partial charge < -0.3 is 48.4 Å². The molecule has 0 saturated carbocycles. The minimum Gasteiger partial charge on any atom is -0.449 e. The van der Waals surface area contributed by atoms with Crippen molar-refractivity contribution >= 4 is 43.6 Å². The van der Waals surface area contributed by atoms with Gasteiger partial charge in [0.1, 0.15) is 17.6 Å². The zero-order valence-electron chi connectivity index (χ0n) is 36.1. The highest BCUT2D eigenvalue weighted by molar-refractivity contribution is 7.54. The maximum absolute atomic E-state index is 14.8. The maximum atomic E-state index is 14.8. The number of nitrogens with one attached hydrogen (secondary N) is 1. The van der Waals surface area contributed by atoms with Gasteiger partial charge in [0.2, 0.25) is 18.5 Å². The van der Waals surface area contributed by atoms with Gasteiger partial charge in [-0.3, -0.25) is 23.2 Å². The highest BCUT2D eigenvalue weighted by Crippen LogP contribution is 2.51. The van der Waals surface area contributed by atoms with E-state index in [1.165, 1.54) is 29.7 Å². The fourth-order valence-corrected chi connectivity index (χ4v) is 8.15. The molecule has 1 aromatic carbocycles. The summed E-state index contributed by atoms with van der Waals surface area (Å²) in [6.07, 6.45) is -5.73. The van der Waals surface area contributed by atoms with Crippen LogP contribution in [0.25, 0.3) is 11.4 Å². The summed E-state index contributed by atoms with van der Waals surface area (Å²) in [5.74, 6) is -0.856. The van der Waals surface area contributed by atoms with Crippen LogP contribution in [0.1, 0.15) is 78.2 Å². The first-order valence-corrected chi connectivity index (χ1v) is 22.2. The summed E-state index contributed by atoms with van der Waals surface area (Å²) in [5, 5.41) is 2.69. The standard InChI is InChI=1S/C40H59N6O14P/c1-9-10-22-54-38(49)45-20-18-44(19-21-45)37(48)33(25-61(52,59-28(6)57-39(50)55-26(2)3)60-29(7)58-40(51)56-27(4)5)42-36(47)32-23-34(46-17-16-31(24-46)53-8)43-35(41-32)30-14-12-11-13-15-30/h11-15,23,26-29,31,33H,9-10,16-22,24-25H2,1-8H3,(H,42,47)/t28-,29?,31+,33?,61?/m1/s1. The number of carbonyl (C=O) groups excluding carboxylic acids is 5. The molecule has 4 rings (SSSR count). The first-order valence-electron chi connectivity index (χ1n) is 20.4. The Morgan fingerprint density at radius 1 is 0.820 bits per heavy atom. The normalized spacial score (nSPS) is 17.9. The number of carbonyl (C=O) groups is 5. The molecule has 3 heterocycles. The largest absolute Gasteiger partial charge is 0.510 e. The summed E-state index contributed by atoms with van der Waals surface area (Å²) in [7, 11) is -3.10. The Morgan fingerprint density at radius 3 is 1.95 bits per heavy atom. The van der Waals surface area contributed by atoms with Gasteiger partial charge in [0.05, 0.1) is 31.1 Å². The third kappa shape index (κ3) is 15.4. The van der Waals surface area contributed by atoms with Crippen molar-refractivity contribution in [1.82, 2.24) is 25.1 Å². The lowest BCUT2D eigenvalue weighted by atomic mass is 10.2. The average molecular weight is 879 g/mol. The number of anilines is 1. The van der Waals surface area contributed by atoms with Crippen LogP contribution in [0.2, 0.25) is 0 Å². The van der Waals surface area contributed by atoms with Crippen LogP contribution in [0.15, 0.2) is 36.4 Å². The van der Waals surface area contributed by atoms with Gasteiger partial charge in [-0.15, -0.1) is 0 Å². The topological polar surface area (TPSA) is 224 Å². The van der Waals surface area contributed by atoms with Crippen LogP contribution in [-0.4, -0.2) is 146 Å². The molecular weight excluding hydrogens is 819 g/mol. The van der Waals surface area contributed by atoms with Gasteiger partial charge in [-0.2, -0.15) is 0 Å². The van der Waals surface area contributed by atoms with Crippen LogP contribution < -0.4 is 10.2 Å². The molecule has 61 heavy (non-hydrogen) atoms. The molecule has 20 nitrogen and oxygen atoms in total. The Labute approximate surface area is 356 Å². The third-order valence-corrected chi connectivity index (χ3v) is 11.2. The molecule has 1 aromatic heterocycles. The summed E-state index contributed by atoms with van der Waals surface area (Å²) in [6.45, 7) is 12.5. The minimum absolute atomic E-state index is 0.0344. The SMILES string of the molecule is CCCCOC(=O)N1CCN(C(=O)C(CP(=O)(OC(C)OC(=O)OC(C)C)O[C@H](C)OC(=O)OC(C)C)NC(=O)c2cc(N3CC[C@H](OC)C3)nc(-c3ccccc3)n2)CC1. The molecule has 21 heteroatoms. The van der Waals surface area contributed by atoms with E-state index in [2.05, 4.69) is 10.3 Å². The van der Waals surface area contributed by atoms with Crippen LogP contribution in [0.3, 0.4) is 0 Å². The van der Waals surface area contributed by atoms with E-state index in [-0.39, 0.29) is 50.4 Å². The number of unbranched alkanes of at least 4 members (excludes halogenated alkanes) is 1. The number of piperazine rings is 1. The highest BCUT2D eigenvalue weighted by atomic mass is 31.2. The predicted octanol–water partition coefficient (Wildman–Crippen LogP) is 5.59. The molecule has 3 unspecified atom stereocenters. The quantitative estimate of drug-likeness (QED) is 0.0597. The van der Waals surface area contributed by atoms with Gasteiger partial charge in [0.25, 0.3) is 5.91 Å². The summed E-state index contributed by atoms with van der Waals surface area (Å²) in [4.78, 5) is 80.5. The van der Waals surface area contributed by atoms with E-state index < -0.39 is 74.8 Å². The first-order chi connectivity index (χ1) is 29.0. The van der Waals surface area contributed by atoms with Gasteiger partial charge in [-0.1, -0.05) is 43.7 Å². The maximum Gasteiger partial charge on any atom is 0.510 e. The number of benzene rings is 1. The number of hydrogen-bond acceptors (Lipinski definition) is 17. The first kappa shape index (κ1) is 48.6. The molecule has 2 aliphatic rings. The smallest absolute Gasteiger partial charge is 0.449 e. The van der Waals surface area contributed by atoms with Crippen LogP contribution >= 0.6 is 7.60 Å². The molecule has 2 aliphatic heterocycles. The lowest BCUT2D eigenvalue weighted by Gasteiger charge is -2.36. The van der Waals surface area contributed by atoms with Gasteiger partial charge in [-0.25, -0.2) is 24.4 Å². The Balaban J connectivity index is 1.69. The molecule has 3 amide bonds. The third-order valence-electron chi connectivity index (χ3n) is 9.17. The molecule has 338 valence electrons. The van der Waals surface area contributed by atoms with Crippen molar-refractivity contribution in [3.8, 4) is 11.4 Å². The van der Waals surface area contributed by atoms with Crippen molar-refractivity contribution in [2.45, 2.75) is 105 Å². The van der Waals surface area contributed by atoms with Crippen molar-refractivity contribution in [2.24, 2.45) is 0 Å². The van der Waals surface area contributed by atoms with Crippen LogP contribution in [0.5, 0.6) is 0 Å². The molecule has 2 saturated heterocycles. The number of ether oxygens (including phenoxy) is 6. The van der Waals surface area contributed by atoms with Crippen molar-refractivity contribution in [1.29, 1.82) is 0 Å². The van der Waals surface area contributed by atoms with Crippen molar-refractivity contribution in [2.75, 3.05) is 64.0 Å². The summed E-state index contributed by atoms with van der Waals surface area (Å²) in [5.41, 5.74) is 0.515. The average Bonchev–Trinajstić information content (AvgIpc) is 3.69. The van der Waals surface area contributed by atoms with E-state index >= 15 is 0 Å². The fourth-order valence-electron chi connectivity index (χ4n) is 6.24. The van der Waals surface area contributed by atoms with E-state index in [0.717, 1.165) is 12.8 Å². The van der Waals surface area contributed by atoms with Crippen LogP contribution in [0, 0.1) is 0 Å². The molecule has 5 atom stereocenters. The number of aromatic nitrogens is 2. The lowest BCUT2D eigenvalue weighted by molar-refractivity contribution is -0.134. The second-order valence-electron chi connectivity index (χ2n) is 14.9. The summed E-state index contributed by atoms with van der Waals surface area (Å²) < 4.78 is 57.5. The minimum atomic E-state index is -4.73. The summed E-state index contributed by atoms with van der Waals surface area (Å²) in [6, 6.07) is 8.87. The van der Waals surface area contributed by atoms with Gasteiger partial charge >= 0.3 is 26.0 Å². The zero-order valence-corrected chi connectivity index (χ0v) is 37.0. The predicted molar refractivity (Wildman–Crippen MR) is 220 cm³/mol. The van der Waals surface area contributed by atoms with E-state index in [0.29, 0.717) is 30.9 Å². The summed E-state index contributed by atoms with van der Waals surface area (Å²) >= 11 is 0. The molecule has 2 fully saturated rings. The van der Waals surface area contributed by atoms with Gasteiger partial charge in [0, 0.05) is 58.0 Å². The van der Waals surface area contributed by atoms with Crippen molar-refractivity contribution in [3.05, 3.63) is 42.1 Å². The van der Waals surface area contributed by atoms with Gasteiger partial charge in [-0.05, 0) is 54.4 Å². The Hall–Kier alpha value is -5.04. The lowest BCUT2D eigenvalue weighted by Crippen LogP contribution is -2.57. The molecule has 2 aromatic rings. The molecule has 0 spiro atoms. The molecule has 0 aliphatic carbocycles. The molecular formula is C40H59N6O14P. The Bertz CT molecular complexity index is 1790. The van der Waals surface area contributed by atoms with Gasteiger partial charge in [0.15, 0.2) is 5.82 Å². The second-order valence-corrected chi connectivity index (χ2v) is 16.9. The van der Waals surface area contributed by atoms with E-state index in [1.807, 2.05) is 17.9 Å². The number of methoxy groups -OCH3 is 1.